The Morgan fingerprint density at radius 2 is 2.14 bits per heavy atom. The van der Waals surface area contributed by atoms with Crippen LogP contribution >= 0.6 is 15.9 Å². The van der Waals surface area contributed by atoms with Crippen molar-refractivity contribution in [1.29, 1.82) is 0 Å². The van der Waals surface area contributed by atoms with Crippen molar-refractivity contribution in [3.05, 3.63) is 71.0 Å². The van der Waals surface area contributed by atoms with Crippen molar-refractivity contribution in [2.24, 2.45) is 0 Å². The van der Waals surface area contributed by atoms with Gasteiger partial charge in [0, 0.05) is 11.8 Å². The molecular weight excluding hydrogens is 431 g/mol. The topological polar surface area (TPSA) is 86.1 Å². The first-order chi connectivity index (χ1) is 13.6. The van der Waals surface area contributed by atoms with Gasteiger partial charge in [0.15, 0.2) is 0 Å². The molecule has 0 atom stereocenters. The Bertz CT molecular complexity index is 1100. The number of nitrogens with zero attached hydrogens (tertiary/aromatic N) is 3. The number of carbonyl (C=O) groups is 1. The highest BCUT2D eigenvalue weighted by atomic mass is 79.9. The van der Waals surface area contributed by atoms with Crippen LogP contribution in [0.5, 0.6) is 0 Å². The third kappa shape index (κ3) is 3.89. The van der Waals surface area contributed by atoms with Gasteiger partial charge in [-0.3, -0.25) is 4.79 Å². The van der Waals surface area contributed by atoms with Crippen LogP contribution in [0.3, 0.4) is 0 Å². The molecule has 4 rings (SSSR count). The molecule has 4 aromatic rings. The number of hydrogen-bond donors (Lipinski definition) is 1. The molecule has 0 radical (unpaired) electrons. The first kappa shape index (κ1) is 18.2. The summed E-state index contributed by atoms with van der Waals surface area (Å²) < 4.78 is 26.0. The molecule has 0 saturated carbocycles. The second kappa shape index (κ2) is 7.81. The van der Waals surface area contributed by atoms with Gasteiger partial charge in [0.1, 0.15) is 23.8 Å². The van der Waals surface area contributed by atoms with Crippen molar-refractivity contribution in [2.45, 2.75) is 13.1 Å². The summed E-state index contributed by atoms with van der Waals surface area (Å²) in [5.41, 5.74) is 1.21. The molecule has 142 valence electrons. The average Bonchev–Trinajstić information content (AvgIpc) is 3.43. The van der Waals surface area contributed by atoms with Gasteiger partial charge >= 0.3 is 0 Å². The predicted molar refractivity (Wildman–Crippen MR) is 101 cm³/mol. The number of nitrogens with one attached hydrogen (secondary N) is 1. The maximum atomic E-state index is 13.4. The first-order valence-electron chi connectivity index (χ1n) is 8.34. The number of amides is 1. The highest BCUT2D eigenvalue weighted by Gasteiger charge is 2.16. The minimum atomic E-state index is -0.373. The lowest BCUT2D eigenvalue weighted by Crippen LogP contribution is -2.26. The van der Waals surface area contributed by atoms with E-state index in [2.05, 4.69) is 31.4 Å². The molecule has 0 bridgehead atoms. The molecule has 0 unspecified atom stereocenters. The van der Waals surface area contributed by atoms with Gasteiger partial charge in [0.05, 0.1) is 17.3 Å². The lowest BCUT2D eigenvalue weighted by atomic mass is 10.2. The molecule has 1 N–H and O–H groups in total. The molecule has 28 heavy (non-hydrogen) atoms. The van der Waals surface area contributed by atoms with E-state index in [1.807, 2.05) is 0 Å². The second-order valence-corrected chi connectivity index (χ2v) is 6.78. The van der Waals surface area contributed by atoms with Gasteiger partial charge in [-0.15, -0.1) is 0 Å². The Balaban J connectivity index is 1.48. The van der Waals surface area contributed by atoms with Gasteiger partial charge in [0.25, 0.3) is 5.89 Å². The zero-order valence-electron chi connectivity index (χ0n) is 14.4. The van der Waals surface area contributed by atoms with E-state index >= 15 is 0 Å². The van der Waals surface area contributed by atoms with Gasteiger partial charge in [-0.1, -0.05) is 5.16 Å². The minimum Gasteiger partial charge on any atom is -0.467 e. The van der Waals surface area contributed by atoms with Crippen LogP contribution in [-0.4, -0.2) is 20.6 Å². The molecular formula is C19H14BrFN4O3. The second-order valence-electron chi connectivity index (χ2n) is 5.93. The van der Waals surface area contributed by atoms with E-state index in [9.17, 15) is 9.18 Å². The lowest BCUT2D eigenvalue weighted by molar-refractivity contribution is -0.121. The number of rotatable bonds is 6. The Morgan fingerprint density at radius 1 is 1.25 bits per heavy atom. The summed E-state index contributed by atoms with van der Waals surface area (Å²) in [4.78, 5) is 16.6. The lowest BCUT2D eigenvalue weighted by Gasteiger charge is -2.07. The van der Waals surface area contributed by atoms with E-state index in [0.717, 1.165) is 0 Å². The summed E-state index contributed by atoms with van der Waals surface area (Å²) >= 11 is 3.14. The molecule has 1 aromatic carbocycles. The highest BCUT2D eigenvalue weighted by Crippen LogP contribution is 2.26. The Morgan fingerprint density at radius 3 is 2.93 bits per heavy atom. The smallest absolute Gasteiger partial charge is 0.274 e. The molecule has 0 aliphatic rings. The molecule has 3 aromatic heterocycles. The zero-order valence-corrected chi connectivity index (χ0v) is 16.0. The first-order valence-corrected chi connectivity index (χ1v) is 9.13. The van der Waals surface area contributed by atoms with E-state index in [4.69, 9.17) is 8.94 Å². The third-order valence-electron chi connectivity index (χ3n) is 4.01. The molecule has 0 saturated heterocycles. The monoisotopic (exact) mass is 444 g/mol. The number of halogens is 2. The molecule has 1 amide bonds. The number of hydrogen-bond acceptors (Lipinski definition) is 5. The summed E-state index contributed by atoms with van der Waals surface area (Å²) in [7, 11) is 0. The van der Waals surface area contributed by atoms with E-state index in [0.29, 0.717) is 33.9 Å². The van der Waals surface area contributed by atoms with Crippen molar-refractivity contribution >= 4 is 21.8 Å². The van der Waals surface area contributed by atoms with Crippen molar-refractivity contribution in [3.63, 3.8) is 0 Å². The molecule has 3 heterocycles. The van der Waals surface area contributed by atoms with Crippen LogP contribution in [0.1, 0.15) is 5.76 Å². The van der Waals surface area contributed by atoms with E-state index in [1.54, 1.807) is 53.4 Å². The molecule has 0 aliphatic carbocycles. The number of furan rings is 1. The fourth-order valence-electron chi connectivity index (χ4n) is 2.64. The number of benzene rings is 1. The van der Waals surface area contributed by atoms with Crippen LogP contribution < -0.4 is 5.32 Å². The van der Waals surface area contributed by atoms with Crippen LogP contribution in [0.4, 0.5) is 4.39 Å². The maximum absolute atomic E-state index is 13.4. The van der Waals surface area contributed by atoms with Crippen LogP contribution in [0.15, 0.2) is 68.3 Å². The van der Waals surface area contributed by atoms with Gasteiger partial charge in [-0.25, -0.2) is 4.39 Å². The van der Waals surface area contributed by atoms with Gasteiger partial charge < -0.3 is 18.8 Å². The van der Waals surface area contributed by atoms with Gasteiger partial charge in [-0.2, -0.15) is 4.98 Å². The zero-order chi connectivity index (χ0) is 19.5. The normalized spacial score (nSPS) is 10.9. The Hall–Kier alpha value is -3.20. The Kier molecular flexibility index (Phi) is 5.07. The fourth-order valence-corrected chi connectivity index (χ4v) is 3.01. The number of carbonyl (C=O) groups excluding carboxylic acids is 1. The summed E-state index contributed by atoms with van der Waals surface area (Å²) in [6.45, 7) is 0.398. The Labute approximate surface area is 167 Å². The SMILES string of the molecule is O=C(Cn1cccc1-c1nc(-c2ccc(F)c(Br)c2)no1)NCc1ccco1. The van der Waals surface area contributed by atoms with Crippen LogP contribution in [0.2, 0.25) is 0 Å². The van der Waals surface area contributed by atoms with Crippen LogP contribution in [0, 0.1) is 5.82 Å². The van der Waals surface area contributed by atoms with Crippen molar-refractivity contribution in [1.82, 2.24) is 20.0 Å². The van der Waals surface area contributed by atoms with E-state index in [1.165, 1.54) is 6.07 Å². The van der Waals surface area contributed by atoms with Crippen molar-refractivity contribution < 1.29 is 18.1 Å². The largest absolute Gasteiger partial charge is 0.467 e. The van der Waals surface area contributed by atoms with Gasteiger partial charge in [-0.05, 0) is 58.4 Å². The highest BCUT2D eigenvalue weighted by molar-refractivity contribution is 9.10. The third-order valence-corrected chi connectivity index (χ3v) is 4.61. The minimum absolute atomic E-state index is 0.0862. The molecule has 7 nitrogen and oxygen atoms in total. The van der Waals surface area contributed by atoms with Gasteiger partial charge in [0.2, 0.25) is 11.7 Å². The standard InChI is InChI=1S/C19H14BrFN4O3/c20-14-9-12(5-6-15(14)21)18-23-19(28-24-18)16-4-1-7-25(16)11-17(26)22-10-13-3-2-8-27-13/h1-9H,10-11H2,(H,22,26). The summed E-state index contributed by atoms with van der Waals surface area (Å²) in [5, 5.41) is 6.73. The quantitative estimate of drug-likeness (QED) is 0.485. The summed E-state index contributed by atoms with van der Waals surface area (Å²) in [5.74, 6) is 0.705. The predicted octanol–water partition coefficient (Wildman–Crippen LogP) is 4.02. The fraction of sp³-hybridized carbons (Fsp3) is 0.105. The maximum Gasteiger partial charge on any atom is 0.274 e. The molecule has 9 heteroatoms. The summed E-state index contributed by atoms with van der Waals surface area (Å²) in [6, 6.07) is 11.6. The summed E-state index contributed by atoms with van der Waals surface area (Å²) in [6.07, 6.45) is 3.30. The number of aromatic nitrogens is 3. The van der Waals surface area contributed by atoms with Crippen molar-refractivity contribution in [3.8, 4) is 23.0 Å². The van der Waals surface area contributed by atoms with E-state index < -0.39 is 0 Å². The average molecular weight is 445 g/mol. The molecule has 0 fully saturated rings. The molecule has 0 aliphatic heterocycles. The van der Waals surface area contributed by atoms with Crippen LogP contribution in [-0.2, 0) is 17.9 Å². The molecule has 0 spiro atoms. The van der Waals surface area contributed by atoms with Crippen molar-refractivity contribution in [2.75, 3.05) is 0 Å². The van der Waals surface area contributed by atoms with E-state index in [-0.39, 0.29) is 24.2 Å². The van der Waals surface area contributed by atoms with Crippen LogP contribution in [0.25, 0.3) is 23.0 Å².